The van der Waals surface area contributed by atoms with Crippen molar-refractivity contribution in [2.24, 2.45) is 17.3 Å². The van der Waals surface area contributed by atoms with Crippen molar-refractivity contribution in [3.8, 4) is 6.07 Å². The van der Waals surface area contributed by atoms with Gasteiger partial charge in [-0.1, -0.05) is 19.8 Å². The van der Waals surface area contributed by atoms with Gasteiger partial charge in [0.05, 0.1) is 6.07 Å². The van der Waals surface area contributed by atoms with Crippen LogP contribution < -0.4 is 0 Å². The molecule has 0 N–H and O–H groups in total. The Bertz CT molecular complexity index is 333. The van der Waals surface area contributed by atoms with E-state index in [1.165, 1.54) is 19.3 Å². The van der Waals surface area contributed by atoms with Crippen LogP contribution in [0.2, 0.25) is 0 Å². The summed E-state index contributed by atoms with van der Waals surface area (Å²) in [5.74, 6) is 1.72. The summed E-state index contributed by atoms with van der Waals surface area (Å²) in [5, 5.41) is 8.71. The van der Waals surface area contributed by atoms with Crippen LogP contribution >= 0.6 is 0 Å². The van der Waals surface area contributed by atoms with Crippen molar-refractivity contribution >= 4 is 5.91 Å². The van der Waals surface area contributed by atoms with Gasteiger partial charge in [-0.25, -0.2) is 0 Å². The van der Waals surface area contributed by atoms with E-state index in [2.05, 4.69) is 13.0 Å². The predicted octanol–water partition coefficient (Wildman–Crippen LogP) is 2.57. The van der Waals surface area contributed by atoms with Crippen LogP contribution in [0.4, 0.5) is 0 Å². The third-order valence-corrected chi connectivity index (χ3v) is 4.79. The zero-order valence-corrected chi connectivity index (χ0v) is 10.9. The van der Waals surface area contributed by atoms with Gasteiger partial charge in [0.25, 0.3) is 0 Å². The summed E-state index contributed by atoms with van der Waals surface area (Å²) >= 11 is 0. The number of fused-ring (bicyclic) bond motifs is 2. The maximum atomic E-state index is 12.5. The Morgan fingerprint density at radius 2 is 2.00 bits per heavy atom. The van der Waals surface area contributed by atoms with Crippen molar-refractivity contribution in [1.82, 2.24) is 4.90 Å². The lowest BCUT2D eigenvalue weighted by Crippen LogP contribution is -2.45. The van der Waals surface area contributed by atoms with Crippen molar-refractivity contribution in [2.75, 3.05) is 13.6 Å². The monoisotopic (exact) mass is 234 g/mol. The maximum Gasteiger partial charge on any atom is 0.229 e. The average Bonchev–Trinajstić information content (AvgIpc) is 2.68. The fourth-order valence-corrected chi connectivity index (χ4v) is 3.94. The first kappa shape index (κ1) is 12.4. The zero-order chi connectivity index (χ0) is 12.5. The molecule has 2 aliphatic carbocycles. The molecule has 0 aromatic carbocycles. The second kappa shape index (κ2) is 4.68. The first-order valence-corrected chi connectivity index (χ1v) is 6.74. The molecule has 1 unspecified atom stereocenters. The molecule has 0 spiro atoms. The molecular formula is C14H22N2O. The lowest BCUT2D eigenvalue weighted by atomic mass is 9.66. The van der Waals surface area contributed by atoms with E-state index >= 15 is 0 Å². The Kier molecular flexibility index (Phi) is 3.42. The molecule has 3 heteroatoms. The highest BCUT2D eigenvalue weighted by molar-refractivity contribution is 5.83. The van der Waals surface area contributed by atoms with Crippen LogP contribution in [0.15, 0.2) is 0 Å². The Morgan fingerprint density at radius 1 is 1.41 bits per heavy atom. The van der Waals surface area contributed by atoms with Gasteiger partial charge in [-0.15, -0.1) is 0 Å². The molecule has 0 heterocycles. The highest BCUT2D eigenvalue weighted by atomic mass is 16.2. The fourth-order valence-electron chi connectivity index (χ4n) is 3.94. The van der Waals surface area contributed by atoms with Crippen LogP contribution in [0.1, 0.15) is 45.4 Å². The van der Waals surface area contributed by atoms with E-state index in [1.807, 2.05) is 0 Å². The summed E-state index contributed by atoms with van der Waals surface area (Å²) in [6, 6.07) is 2.07. The average molecular weight is 234 g/mol. The molecule has 2 saturated carbocycles. The summed E-state index contributed by atoms with van der Waals surface area (Å²) < 4.78 is 0. The highest BCUT2D eigenvalue weighted by Gasteiger charge is 2.48. The van der Waals surface area contributed by atoms with Gasteiger partial charge in [-0.05, 0) is 37.5 Å². The van der Waals surface area contributed by atoms with Gasteiger partial charge in [-0.2, -0.15) is 5.26 Å². The van der Waals surface area contributed by atoms with Gasteiger partial charge in [0, 0.05) is 12.5 Å². The second-order valence-corrected chi connectivity index (χ2v) is 5.91. The fraction of sp³-hybridized carbons (Fsp3) is 0.857. The Hall–Kier alpha value is -1.04. The summed E-state index contributed by atoms with van der Waals surface area (Å²) in [7, 11) is 1.76. The van der Waals surface area contributed by atoms with Gasteiger partial charge in [0.2, 0.25) is 5.91 Å². The van der Waals surface area contributed by atoms with Gasteiger partial charge in [-0.3, -0.25) is 4.79 Å². The molecule has 3 nitrogen and oxygen atoms in total. The number of hydrogen-bond donors (Lipinski definition) is 0. The molecule has 3 atom stereocenters. The lowest BCUT2D eigenvalue weighted by molar-refractivity contribution is -0.144. The van der Waals surface area contributed by atoms with Crippen LogP contribution in [0, 0.1) is 28.6 Å². The normalized spacial score (nSPS) is 35.4. The third-order valence-electron chi connectivity index (χ3n) is 4.79. The standard InChI is InChI=1S/C14H22N2O/c1-3-14(13(17)16(2)7-6-15)9-11-4-5-12(8-11)10-14/h11-12H,3-5,7-10H2,1-2H3/t11-,12+,14?. The van der Waals surface area contributed by atoms with Crippen molar-refractivity contribution in [3.05, 3.63) is 0 Å². The van der Waals surface area contributed by atoms with Gasteiger partial charge >= 0.3 is 0 Å². The number of amides is 1. The molecule has 2 bridgehead atoms. The summed E-state index contributed by atoms with van der Waals surface area (Å²) in [6.07, 6.45) is 6.97. The van der Waals surface area contributed by atoms with Gasteiger partial charge in [0.15, 0.2) is 0 Å². The summed E-state index contributed by atoms with van der Waals surface area (Å²) in [4.78, 5) is 14.2. The summed E-state index contributed by atoms with van der Waals surface area (Å²) in [5.41, 5.74) is -0.157. The second-order valence-electron chi connectivity index (χ2n) is 5.91. The molecule has 2 rings (SSSR count). The topological polar surface area (TPSA) is 44.1 Å². The molecule has 0 aromatic heterocycles. The Morgan fingerprint density at radius 3 is 2.47 bits per heavy atom. The Labute approximate surface area is 104 Å². The van der Waals surface area contributed by atoms with Crippen molar-refractivity contribution in [3.63, 3.8) is 0 Å². The molecule has 1 amide bonds. The molecular weight excluding hydrogens is 212 g/mol. The molecule has 2 fully saturated rings. The largest absolute Gasteiger partial charge is 0.332 e. The lowest BCUT2D eigenvalue weighted by Gasteiger charge is -2.40. The van der Waals surface area contributed by atoms with E-state index in [1.54, 1.807) is 11.9 Å². The molecule has 2 aliphatic rings. The van der Waals surface area contributed by atoms with Crippen LogP contribution in [-0.2, 0) is 4.79 Å². The van der Waals surface area contributed by atoms with E-state index < -0.39 is 0 Å². The van der Waals surface area contributed by atoms with Crippen molar-refractivity contribution in [2.45, 2.75) is 45.4 Å². The number of nitrogens with zero attached hydrogens (tertiary/aromatic N) is 2. The molecule has 0 aliphatic heterocycles. The van der Waals surface area contributed by atoms with Gasteiger partial charge in [0.1, 0.15) is 6.54 Å². The molecule has 17 heavy (non-hydrogen) atoms. The molecule has 0 saturated heterocycles. The number of nitriles is 1. The number of carbonyl (C=O) groups is 1. The van der Waals surface area contributed by atoms with Crippen molar-refractivity contribution < 1.29 is 4.79 Å². The van der Waals surface area contributed by atoms with Crippen LogP contribution in [0.25, 0.3) is 0 Å². The maximum absolute atomic E-state index is 12.5. The first-order chi connectivity index (χ1) is 8.11. The van der Waals surface area contributed by atoms with Crippen LogP contribution in [0.5, 0.6) is 0 Å². The molecule has 0 aromatic rings. The van der Waals surface area contributed by atoms with E-state index in [-0.39, 0.29) is 17.9 Å². The van der Waals surface area contributed by atoms with Crippen LogP contribution in [0.3, 0.4) is 0 Å². The molecule has 94 valence electrons. The number of carbonyl (C=O) groups excluding carboxylic acids is 1. The van der Waals surface area contributed by atoms with E-state index in [9.17, 15) is 4.79 Å². The highest BCUT2D eigenvalue weighted by Crippen LogP contribution is 2.52. The quantitative estimate of drug-likeness (QED) is 0.704. The van der Waals surface area contributed by atoms with E-state index in [4.69, 9.17) is 5.26 Å². The number of hydrogen-bond acceptors (Lipinski definition) is 2. The number of rotatable bonds is 3. The van der Waals surface area contributed by atoms with Crippen LogP contribution in [-0.4, -0.2) is 24.4 Å². The summed E-state index contributed by atoms with van der Waals surface area (Å²) in [6.45, 7) is 2.35. The smallest absolute Gasteiger partial charge is 0.229 e. The van der Waals surface area contributed by atoms with E-state index in [0.29, 0.717) is 0 Å². The predicted molar refractivity (Wildman–Crippen MR) is 66.0 cm³/mol. The zero-order valence-electron chi connectivity index (χ0n) is 10.9. The Balaban J connectivity index is 2.14. The third kappa shape index (κ3) is 2.18. The van der Waals surface area contributed by atoms with Crippen molar-refractivity contribution in [1.29, 1.82) is 5.26 Å². The SMILES string of the molecule is CCC1(C(=O)N(C)CC#N)C[C@@H]2CC[C@@H](C2)C1. The van der Waals surface area contributed by atoms with E-state index in [0.717, 1.165) is 31.1 Å². The first-order valence-electron chi connectivity index (χ1n) is 6.74. The minimum atomic E-state index is -0.157. The van der Waals surface area contributed by atoms with Gasteiger partial charge < -0.3 is 4.90 Å². The minimum absolute atomic E-state index is 0.157. The molecule has 0 radical (unpaired) electrons. The minimum Gasteiger partial charge on any atom is -0.332 e.